The molecule has 2 aliphatic heterocycles. The zero-order valence-corrected chi connectivity index (χ0v) is 17.9. The summed E-state index contributed by atoms with van der Waals surface area (Å²) in [5.41, 5.74) is 1.56. The Bertz CT molecular complexity index is 996. The lowest BCUT2D eigenvalue weighted by molar-refractivity contribution is -0.111. The molecule has 2 aliphatic rings. The average molecular weight is 438 g/mol. The van der Waals surface area contributed by atoms with E-state index in [-0.39, 0.29) is 17.9 Å². The lowest BCUT2D eigenvalue weighted by Crippen LogP contribution is -2.32. The van der Waals surface area contributed by atoms with E-state index in [1.54, 1.807) is 49.6 Å². The van der Waals surface area contributed by atoms with Crippen molar-refractivity contribution in [3.05, 3.63) is 53.6 Å². The molecule has 2 aromatic rings. The zero-order chi connectivity index (χ0) is 22.3. The van der Waals surface area contributed by atoms with Gasteiger partial charge in [0.2, 0.25) is 11.7 Å². The number of carbonyl (C=O) groups is 2. The third-order valence-electron chi connectivity index (χ3n) is 5.22. The number of fused-ring (bicyclic) bond motifs is 1. The third-order valence-corrected chi connectivity index (χ3v) is 5.22. The second-order valence-corrected chi connectivity index (χ2v) is 7.46. The smallest absolute Gasteiger partial charge is 0.253 e. The summed E-state index contributed by atoms with van der Waals surface area (Å²) >= 11 is 0. The molecule has 2 heterocycles. The molecule has 32 heavy (non-hydrogen) atoms. The quantitative estimate of drug-likeness (QED) is 0.646. The molecule has 2 N–H and O–H groups in total. The highest BCUT2D eigenvalue weighted by atomic mass is 16.6. The van der Waals surface area contributed by atoms with Crippen molar-refractivity contribution in [2.45, 2.75) is 18.9 Å². The number of amides is 2. The number of methoxy groups -OCH3 is 1. The standard InChI is InChI=1S/C24H26N2O6/c1-29-20-13-16(14-21-23(20)32-12-11-31-21)8-9-22(27)26-19-7-3-2-6-18(19)24(28)25-15-17-5-4-10-30-17/h2-3,6-9,13-14,17H,4-5,10-12,15H2,1H3,(H,25,28)(H,26,27)/b9-8+. The van der Waals surface area contributed by atoms with E-state index in [1.807, 2.05) is 0 Å². The van der Waals surface area contributed by atoms with Crippen LogP contribution in [0.3, 0.4) is 0 Å². The Kier molecular flexibility index (Phi) is 6.91. The predicted molar refractivity (Wildman–Crippen MR) is 119 cm³/mol. The highest BCUT2D eigenvalue weighted by Crippen LogP contribution is 2.40. The van der Waals surface area contributed by atoms with Crippen molar-refractivity contribution in [3.8, 4) is 17.2 Å². The third kappa shape index (κ3) is 5.20. The number of carbonyl (C=O) groups excluding carboxylic acids is 2. The maximum absolute atomic E-state index is 12.6. The van der Waals surface area contributed by atoms with Crippen LogP contribution in [0.2, 0.25) is 0 Å². The molecular formula is C24H26N2O6. The average Bonchev–Trinajstić information content (AvgIpc) is 3.35. The maximum atomic E-state index is 12.6. The van der Waals surface area contributed by atoms with Crippen LogP contribution >= 0.6 is 0 Å². The van der Waals surface area contributed by atoms with E-state index in [4.69, 9.17) is 18.9 Å². The Morgan fingerprint density at radius 2 is 2.00 bits per heavy atom. The highest BCUT2D eigenvalue weighted by molar-refractivity contribution is 6.07. The number of anilines is 1. The minimum atomic E-state index is -0.363. The van der Waals surface area contributed by atoms with Gasteiger partial charge in [-0.2, -0.15) is 0 Å². The molecule has 1 atom stereocenters. The number of para-hydroxylation sites is 1. The van der Waals surface area contributed by atoms with Crippen molar-refractivity contribution in [1.82, 2.24) is 5.32 Å². The van der Waals surface area contributed by atoms with Gasteiger partial charge >= 0.3 is 0 Å². The molecule has 0 spiro atoms. The van der Waals surface area contributed by atoms with Crippen LogP contribution in [-0.4, -0.2) is 51.4 Å². The molecule has 0 saturated carbocycles. The number of hydrogen-bond acceptors (Lipinski definition) is 6. The molecule has 8 nitrogen and oxygen atoms in total. The summed E-state index contributed by atoms with van der Waals surface area (Å²) < 4.78 is 22.1. The minimum Gasteiger partial charge on any atom is -0.493 e. The van der Waals surface area contributed by atoms with Gasteiger partial charge in [-0.15, -0.1) is 0 Å². The first-order chi connectivity index (χ1) is 15.6. The Hall–Kier alpha value is -3.52. The first kappa shape index (κ1) is 21.7. The van der Waals surface area contributed by atoms with Crippen molar-refractivity contribution in [2.75, 3.05) is 38.8 Å². The van der Waals surface area contributed by atoms with Crippen LogP contribution in [0, 0.1) is 0 Å². The first-order valence-corrected chi connectivity index (χ1v) is 10.6. The summed E-state index contributed by atoms with van der Waals surface area (Å²) in [6.45, 7) is 2.10. The van der Waals surface area contributed by atoms with Gasteiger partial charge in [0.05, 0.1) is 24.5 Å². The summed E-state index contributed by atoms with van der Waals surface area (Å²) in [5.74, 6) is 1.05. The topological polar surface area (TPSA) is 95.1 Å². The molecule has 0 radical (unpaired) electrons. The summed E-state index contributed by atoms with van der Waals surface area (Å²) in [5, 5.41) is 5.66. The van der Waals surface area contributed by atoms with Crippen LogP contribution < -0.4 is 24.8 Å². The van der Waals surface area contributed by atoms with E-state index in [1.165, 1.54) is 6.08 Å². The maximum Gasteiger partial charge on any atom is 0.253 e. The number of benzene rings is 2. The molecule has 1 saturated heterocycles. The van der Waals surface area contributed by atoms with Crippen LogP contribution in [0.5, 0.6) is 17.2 Å². The fraction of sp³-hybridized carbons (Fsp3) is 0.333. The van der Waals surface area contributed by atoms with Crippen molar-refractivity contribution < 1.29 is 28.5 Å². The SMILES string of the molecule is COc1cc(/C=C/C(=O)Nc2ccccc2C(=O)NCC2CCCO2)cc2c1OCCO2. The minimum absolute atomic E-state index is 0.0478. The van der Waals surface area contributed by atoms with Gasteiger partial charge in [-0.3, -0.25) is 9.59 Å². The van der Waals surface area contributed by atoms with Crippen LogP contribution in [0.25, 0.3) is 6.08 Å². The lowest BCUT2D eigenvalue weighted by atomic mass is 10.1. The van der Waals surface area contributed by atoms with E-state index < -0.39 is 0 Å². The molecular weight excluding hydrogens is 412 g/mol. The molecule has 2 amide bonds. The second kappa shape index (κ2) is 10.2. The Balaban J connectivity index is 1.42. The summed E-state index contributed by atoms with van der Waals surface area (Å²) in [7, 11) is 1.55. The number of rotatable bonds is 7. The number of ether oxygens (including phenoxy) is 4. The van der Waals surface area contributed by atoms with Gasteiger partial charge in [0, 0.05) is 19.2 Å². The Morgan fingerprint density at radius 3 is 2.81 bits per heavy atom. The van der Waals surface area contributed by atoms with Gasteiger partial charge in [-0.05, 0) is 48.7 Å². The lowest BCUT2D eigenvalue weighted by Gasteiger charge is -2.20. The predicted octanol–water partition coefficient (Wildman–Crippen LogP) is 3.03. The highest BCUT2D eigenvalue weighted by Gasteiger charge is 2.19. The van der Waals surface area contributed by atoms with Crippen molar-refractivity contribution in [3.63, 3.8) is 0 Å². The van der Waals surface area contributed by atoms with Crippen LogP contribution in [-0.2, 0) is 9.53 Å². The largest absolute Gasteiger partial charge is 0.493 e. The monoisotopic (exact) mass is 438 g/mol. The van der Waals surface area contributed by atoms with Crippen molar-refractivity contribution >= 4 is 23.6 Å². The van der Waals surface area contributed by atoms with E-state index in [2.05, 4.69) is 10.6 Å². The molecule has 0 aliphatic carbocycles. The summed E-state index contributed by atoms with van der Waals surface area (Å²) in [4.78, 5) is 25.1. The normalized spacial score (nSPS) is 17.2. The summed E-state index contributed by atoms with van der Waals surface area (Å²) in [6.07, 6.45) is 5.04. The zero-order valence-electron chi connectivity index (χ0n) is 17.9. The van der Waals surface area contributed by atoms with E-state index in [0.717, 1.165) is 25.0 Å². The molecule has 168 valence electrons. The number of hydrogen-bond donors (Lipinski definition) is 2. The second-order valence-electron chi connectivity index (χ2n) is 7.46. The molecule has 4 rings (SSSR count). The fourth-order valence-electron chi connectivity index (χ4n) is 3.63. The van der Waals surface area contributed by atoms with Gasteiger partial charge in [-0.1, -0.05) is 12.1 Å². The van der Waals surface area contributed by atoms with Gasteiger partial charge < -0.3 is 29.6 Å². The molecule has 1 unspecified atom stereocenters. The fourth-order valence-corrected chi connectivity index (χ4v) is 3.63. The van der Waals surface area contributed by atoms with Gasteiger partial charge in [0.15, 0.2) is 11.5 Å². The molecule has 2 aromatic carbocycles. The first-order valence-electron chi connectivity index (χ1n) is 10.6. The van der Waals surface area contributed by atoms with Gasteiger partial charge in [0.1, 0.15) is 13.2 Å². The van der Waals surface area contributed by atoms with Gasteiger partial charge in [-0.25, -0.2) is 0 Å². The molecule has 1 fully saturated rings. The van der Waals surface area contributed by atoms with E-state index >= 15 is 0 Å². The Labute approximate surface area is 186 Å². The van der Waals surface area contributed by atoms with Crippen LogP contribution in [0.4, 0.5) is 5.69 Å². The van der Waals surface area contributed by atoms with Crippen molar-refractivity contribution in [2.24, 2.45) is 0 Å². The molecule has 0 aromatic heterocycles. The molecule has 0 bridgehead atoms. The molecule has 8 heteroatoms. The van der Waals surface area contributed by atoms with Crippen LogP contribution in [0.15, 0.2) is 42.5 Å². The van der Waals surface area contributed by atoms with Crippen molar-refractivity contribution in [1.29, 1.82) is 0 Å². The number of nitrogens with one attached hydrogen (secondary N) is 2. The van der Waals surface area contributed by atoms with Gasteiger partial charge in [0.25, 0.3) is 5.91 Å². The van der Waals surface area contributed by atoms with E-state index in [9.17, 15) is 9.59 Å². The Morgan fingerprint density at radius 1 is 1.16 bits per heavy atom. The van der Waals surface area contributed by atoms with E-state index in [0.29, 0.717) is 48.3 Å². The summed E-state index contributed by atoms with van der Waals surface area (Å²) in [6, 6.07) is 10.4. The van der Waals surface area contributed by atoms with Crippen LogP contribution in [0.1, 0.15) is 28.8 Å².